The molecule has 12 rings (SSSR count). The van der Waals surface area contributed by atoms with Gasteiger partial charge in [0.15, 0.2) is 29.1 Å². The number of rotatable bonds is 9. The number of thiophene rings is 2. The van der Waals surface area contributed by atoms with E-state index in [1.165, 1.54) is 20.1 Å². The SMILES string of the molecule is Cc1ccc2c(sc3nc(-c4cc(F)c(F)cc4C4CC4)n(Cc4cnn(C5CC5c5cc(F)c(F)cc5-c5nc6sc7c(O)c(C)ccc7c6c(=O)n5Cc5nn[nH]n5)n4)c(=O)c32)c1O. The van der Waals surface area contributed by atoms with Crippen molar-refractivity contribution in [3.63, 3.8) is 0 Å². The van der Waals surface area contributed by atoms with Crippen LogP contribution in [0.5, 0.6) is 11.5 Å². The van der Waals surface area contributed by atoms with E-state index in [0.29, 0.717) is 59.4 Å². The van der Waals surface area contributed by atoms with Crippen molar-refractivity contribution in [1.29, 1.82) is 0 Å². The highest BCUT2D eigenvalue weighted by atomic mass is 32.1. The van der Waals surface area contributed by atoms with Gasteiger partial charge in [-0.2, -0.15) is 20.2 Å². The smallest absolute Gasteiger partial charge is 0.263 e. The molecule has 330 valence electrons. The fourth-order valence-electron chi connectivity index (χ4n) is 8.93. The van der Waals surface area contributed by atoms with Crippen molar-refractivity contribution in [2.45, 2.75) is 64.1 Å². The summed E-state index contributed by atoms with van der Waals surface area (Å²) in [5.74, 6) is -4.68. The van der Waals surface area contributed by atoms with Crippen molar-refractivity contribution >= 4 is 63.3 Å². The number of phenols is 2. The maximum absolute atomic E-state index is 15.4. The Kier molecular flexibility index (Phi) is 8.86. The summed E-state index contributed by atoms with van der Waals surface area (Å²) >= 11 is 2.23. The second-order valence-electron chi connectivity index (χ2n) is 16.8. The van der Waals surface area contributed by atoms with E-state index < -0.39 is 46.3 Å². The molecule has 2 saturated carbocycles. The normalized spacial score (nSPS) is 16.2. The molecule has 21 heteroatoms. The van der Waals surface area contributed by atoms with Crippen LogP contribution in [0.25, 0.3) is 63.4 Å². The van der Waals surface area contributed by atoms with Crippen LogP contribution in [0.3, 0.4) is 0 Å². The van der Waals surface area contributed by atoms with Gasteiger partial charge in [-0.05, 0) is 85.5 Å². The lowest BCUT2D eigenvalue weighted by Gasteiger charge is -2.15. The first-order chi connectivity index (χ1) is 31.8. The van der Waals surface area contributed by atoms with Crippen molar-refractivity contribution < 1.29 is 27.8 Å². The average molecular weight is 930 g/mol. The summed E-state index contributed by atoms with van der Waals surface area (Å²) in [6.07, 6.45) is 3.36. The molecule has 0 bridgehead atoms. The number of halogens is 4. The molecular formula is C45H31F4N11O4S2. The first kappa shape index (κ1) is 40.1. The van der Waals surface area contributed by atoms with Crippen LogP contribution in [0.1, 0.15) is 70.9 Å². The van der Waals surface area contributed by atoms with Gasteiger partial charge in [0.1, 0.15) is 38.5 Å². The van der Waals surface area contributed by atoms with Crippen LogP contribution in [0.15, 0.2) is 64.3 Å². The molecule has 6 heterocycles. The summed E-state index contributed by atoms with van der Waals surface area (Å²) in [6, 6.07) is 10.7. The highest BCUT2D eigenvalue weighted by Crippen LogP contribution is 2.54. The number of aromatic amines is 1. The lowest BCUT2D eigenvalue weighted by molar-refractivity contribution is 0.478. The molecule has 0 amide bonds. The van der Waals surface area contributed by atoms with Crippen LogP contribution in [-0.2, 0) is 13.1 Å². The molecule has 6 aromatic heterocycles. The number of hydrogen-bond acceptors (Lipinski definition) is 13. The number of hydrogen-bond donors (Lipinski definition) is 3. The van der Waals surface area contributed by atoms with Crippen molar-refractivity contribution in [2.75, 3.05) is 0 Å². The molecule has 2 aliphatic carbocycles. The lowest BCUT2D eigenvalue weighted by Crippen LogP contribution is -2.24. The van der Waals surface area contributed by atoms with Gasteiger partial charge in [0, 0.05) is 27.8 Å². The van der Waals surface area contributed by atoms with E-state index in [1.54, 1.807) is 38.1 Å². The van der Waals surface area contributed by atoms with Gasteiger partial charge in [-0.15, -0.1) is 32.9 Å². The van der Waals surface area contributed by atoms with E-state index in [-0.39, 0.29) is 74.7 Å². The Morgan fingerprint density at radius 1 is 0.742 bits per heavy atom. The van der Waals surface area contributed by atoms with Crippen LogP contribution in [0.2, 0.25) is 0 Å². The number of nitrogens with one attached hydrogen (secondary N) is 1. The third-order valence-corrected chi connectivity index (χ3v) is 14.8. The molecule has 0 aliphatic heterocycles. The zero-order valence-corrected chi connectivity index (χ0v) is 36.1. The number of aryl methyl sites for hydroxylation is 2. The molecular weight excluding hydrogens is 899 g/mol. The first-order valence-corrected chi connectivity index (χ1v) is 22.4. The number of fused-ring (bicyclic) bond motifs is 6. The predicted molar refractivity (Wildman–Crippen MR) is 237 cm³/mol. The fraction of sp³-hybridized carbons (Fsp3) is 0.222. The highest BCUT2D eigenvalue weighted by Gasteiger charge is 2.44. The molecule has 0 spiro atoms. The van der Waals surface area contributed by atoms with Crippen LogP contribution in [0, 0.1) is 37.1 Å². The quantitative estimate of drug-likeness (QED) is 0.118. The molecule has 2 atom stereocenters. The molecule has 3 N–H and O–H groups in total. The second-order valence-corrected chi connectivity index (χ2v) is 18.8. The van der Waals surface area contributed by atoms with Gasteiger partial charge in [0.05, 0.1) is 45.5 Å². The third kappa shape index (κ3) is 6.23. The third-order valence-electron chi connectivity index (χ3n) is 12.6. The molecule has 15 nitrogen and oxygen atoms in total. The number of aromatic hydroxyl groups is 2. The second kappa shape index (κ2) is 14.6. The highest BCUT2D eigenvalue weighted by molar-refractivity contribution is 7.26. The number of benzene rings is 4. The van der Waals surface area contributed by atoms with Crippen molar-refractivity contribution in [3.05, 3.63) is 132 Å². The monoisotopic (exact) mass is 929 g/mol. The maximum Gasteiger partial charge on any atom is 0.263 e. The number of tetrazole rings is 1. The van der Waals surface area contributed by atoms with E-state index >= 15 is 13.2 Å². The van der Waals surface area contributed by atoms with Gasteiger partial charge in [0.2, 0.25) is 0 Å². The summed E-state index contributed by atoms with van der Waals surface area (Å²) in [5.41, 5.74) is 1.77. The summed E-state index contributed by atoms with van der Waals surface area (Å²) in [4.78, 5) is 40.9. The van der Waals surface area contributed by atoms with Gasteiger partial charge in [-0.25, -0.2) is 27.5 Å². The van der Waals surface area contributed by atoms with Gasteiger partial charge < -0.3 is 10.2 Å². The van der Waals surface area contributed by atoms with E-state index in [0.717, 1.165) is 59.8 Å². The minimum atomic E-state index is -1.17. The predicted octanol–water partition coefficient (Wildman–Crippen LogP) is 8.26. The number of H-pyrrole nitrogens is 1. The molecule has 4 aromatic carbocycles. The Balaban J connectivity index is 0.953. The lowest BCUT2D eigenvalue weighted by atomic mass is 10.0. The van der Waals surface area contributed by atoms with E-state index in [4.69, 9.17) is 15.1 Å². The van der Waals surface area contributed by atoms with Crippen LogP contribution in [0.4, 0.5) is 17.6 Å². The minimum absolute atomic E-state index is 0.00203. The molecule has 10 aromatic rings. The summed E-state index contributed by atoms with van der Waals surface area (Å²) in [5, 5.41) is 46.6. The summed E-state index contributed by atoms with van der Waals surface area (Å²) < 4.78 is 64.0. The number of nitrogens with zero attached hydrogens (tertiary/aromatic N) is 10. The standard InChI is InChI=1S/C45H31F4N11O4S2/c1-17-3-7-21-34-42(65-38(21)36(17)61)51-40(26-11-30(48)28(46)9-23(26)19-5-6-19)58(44(34)63)15-20-14-50-60(55-20)32-13-25(32)24-10-29(47)31(49)12-27(24)41-52-43-35(22-8-4-18(2)37(62)39(22)66-43)45(64)59(41)16-33-53-56-57-54-33/h3-4,7-12,14,19,25,32,61-62H,5-6,13,15-16H2,1-2H3,(H,53,54,56,57). The molecule has 0 saturated heterocycles. The molecule has 2 unspecified atom stereocenters. The van der Waals surface area contributed by atoms with Gasteiger partial charge in [0.25, 0.3) is 11.1 Å². The Morgan fingerprint density at radius 3 is 1.85 bits per heavy atom. The van der Waals surface area contributed by atoms with Crippen molar-refractivity contribution in [1.82, 2.24) is 54.7 Å². The van der Waals surface area contributed by atoms with Crippen LogP contribution >= 0.6 is 22.7 Å². The van der Waals surface area contributed by atoms with Crippen LogP contribution in [-0.4, -0.2) is 64.9 Å². The number of phenolic OH excluding ortho intramolecular Hbond substituents is 2. The Hall–Kier alpha value is -7.39. The van der Waals surface area contributed by atoms with Crippen LogP contribution < -0.4 is 11.1 Å². The van der Waals surface area contributed by atoms with E-state index in [1.807, 2.05) is 0 Å². The van der Waals surface area contributed by atoms with Crippen molar-refractivity contribution in [3.8, 4) is 34.3 Å². The summed E-state index contributed by atoms with van der Waals surface area (Å²) in [7, 11) is 0. The molecule has 2 fully saturated rings. The molecule has 66 heavy (non-hydrogen) atoms. The maximum atomic E-state index is 15.4. The first-order valence-electron chi connectivity index (χ1n) is 20.8. The minimum Gasteiger partial charge on any atom is -0.506 e. The molecule has 2 aliphatic rings. The fourth-order valence-corrected chi connectivity index (χ4v) is 11.3. The van der Waals surface area contributed by atoms with E-state index in [2.05, 4.69) is 25.7 Å². The Morgan fingerprint density at radius 2 is 1.29 bits per heavy atom. The van der Waals surface area contributed by atoms with Gasteiger partial charge in [-0.3, -0.25) is 18.7 Å². The molecule has 0 radical (unpaired) electrons. The van der Waals surface area contributed by atoms with Crippen molar-refractivity contribution in [2.24, 2.45) is 0 Å². The van der Waals surface area contributed by atoms with Gasteiger partial charge >= 0.3 is 0 Å². The largest absolute Gasteiger partial charge is 0.506 e. The summed E-state index contributed by atoms with van der Waals surface area (Å²) in [6.45, 7) is 3.07. The average Bonchev–Trinajstić information content (AvgIpc) is 4.06. The zero-order chi connectivity index (χ0) is 45.4. The van der Waals surface area contributed by atoms with Gasteiger partial charge in [-0.1, -0.05) is 29.5 Å². The zero-order valence-electron chi connectivity index (χ0n) is 34.5. The number of aromatic nitrogens is 11. The van der Waals surface area contributed by atoms with E-state index in [9.17, 15) is 24.2 Å². The Bertz CT molecular complexity index is 3840. The topological polar surface area (TPSA) is 195 Å². The Labute approximate surface area is 375 Å².